The van der Waals surface area contributed by atoms with Gasteiger partial charge in [-0.1, -0.05) is 12.1 Å². The number of methoxy groups -OCH3 is 1. The third-order valence-corrected chi connectivity index (χ3v) is 6.72. The fourth-order valence-electron chi connectivity index (χ4n) is 3.01. The van der Waals surface area contributed by atoms with Gasteiger partial charge in [0.05, 0.1) is 24.9 Å². The molecule has 0 atom stereocenters. The van der Waals surface area contributed by atoms with E-state index in [4.69, 9.17) is 4.42 Å². The SMILES string of the molecule is COC(=O)c1ccc(Cn2nc(-c3scc(S(C)(=O)=O)c3-n3cccc3)oc2=O)cc1. The van der Waals surface area contributed by atoms with Gasteiger partial charge in [0.1, 0.15) is 9.77 Å². The summed E-state index contributed by atoms with van der Waals surface area (Å²) < 4.78 is 37.3. The minimum atomic E-state index is -3.51. The molecule has 1 aromatic carbocycles. The van der Waals surface area contributed by atoms with E-state index in [0.29, 0.717) is 16.1 Å². The Morgan fingerprint density at radius 3 is 2.48 bits per heavy atom. The quantitative estimate of drug-likeness (QED) is 0.407. The summed E-state index contributed by atoms with van der Waals surface area (Å²) in [5, 5.41) is 5.77. The first-order valence-corrected chi connectivity index (χ1v) is 11.8. The molecule has 31 heavy (non-hydrogen) atoms. The van der Waals surface area contributed by atoms with Crippen LogP contribution < -0.4 is 5.76 Å². The fourth-order valence-corrected chi connectivity index (χ4v) is 5.33. The maximum atomic E-state index is 12.4. The van der Waals surface area contributed by atoms with E-state index in [1.807, 2.05) is 0 Å². The second-order valence-corrected chi connectivity index (χ2v) is 9.52. The Bertz CT molecular complexity index is 1390. The summed E-state index contributed by atoms with van der Waals surface area (Å²) in [5.41, 5.74) is 1.50. The van der Waals surface area contributed by atoms with Crippen LogP contribution in [0.4, 0.5) is 0 Å². The largest absolute Gasteiger partial charge is 0.465 e. The van der Waals surface area contributed by atoms with Gasteiger partial charge in [-0.3, -0.25) is 0 Å². The molecular formula is C20H17N3O6S2. The number of sulfone groups is 1. The predicted molar refractivity (Wildman–Crippen MR) is 113 cm³/mol. The zero-order valence-corrected chi connectivity index (χ0v) is 18.1. The molecule has 0 aliphatic carbocycles. The average molecular weight is 460 g/mol. The number of esters is 1. The first kappa shape index (κ1) is 20.8. The fraction of sp³-hybridized carbons (Fsp3) is 0.150. The summed E-state index contributed by atoms with van der Waals surface area (Å²) in [5.74, 6) is -1.11. The lowest BCUT2D eigenvalue weighted by Crippen LogP contribution is -2.16. The van der Waals surface area contributed by atoms with Crippen molar-refractivity contribution >= 4 is 27.1 Å². The Balaban J connectivity index is 1.71. The molecule has 4 rings (SSSR count). The lowest BCUT2D eigenvalue weighted by Gasteiger charge is -2.06. The molecule has 3 aromatic heterocycles. The van der Waals surface area contributed by atoms with Crippen LogP contribution in [0.1, 0.15) is 15.9 Å². The van der Waals surface area contributed by atoms with Crippen LogP contribution in [0.3, 0.4) is 0 Å². The van der Waals surface area contributed by atoms with Crippen molar-refractivity contribution in [2.45, 2.75) is 11.4 Å². The smallest absolute Gasteiger partial charge is 0.437 e. The van der Waals surface area contributed by atoms with E-state index >= 15 is 0 Å². The molecule has 0 aliphatic heterocycles. The van der Waals surface area contributed by atoms with E-state index in [9.17, 15) is 18.0 Å². The van der Waals surface area contributed by atoms with Gasteiger partial charge in [-0.05, 0) is 29.8 Å². The highest BCUT2D eigenvalue weighted by molar-refractivity contribution is 7.91. The van der Waals surface area contributed by atoms with Crippen molar-refractivity contribution in [1.29, 1.82) is 0 Å². The number of ether oxygens (including phenoxy) is 1. The summed E-state index contributed by atoms with van der Waals surface area (Å²) in [6.45, 7) is 0.118. The molecule has 0 unspecified atom stereocenters. The van der Waals surface area contributed by atoms with Crippen LogP contribution >= 0.6 is 11.3 Å². The van der Waals surface area contributed by atoms with Crippen LogP contribution in [-0.4, -0.2) is 42.1 Å². The monoisotopic (exact) mass is 459 g/mol. The lowest BCUT2D eigenvalue weighted by atomic mass is 10.1. The van der Waals surface area contributed by atoms with Crippen molar-refractivity contribution in [2.75, 3.05) is 13.4 Å². The molecule has 0 amide bonds. The number of carbonyl (C=O) groups excluding carboxylic acids is 1. The summed E-state index contributed by atoms with van der Waals surface area (Å²) >= 11 is 1.13. The Labute approximate surface area is 181 Å². The van der Waals surface area contributed by atoms with Gasteiger partial charge >= 0.3 is 11.7 Å². The highest BCUT2D eigenvalue weighted by Crippen LogP contribution is 2.37. The van der Waals surface area contributed by atoms with E-state index < -0.39 is 21.6 Å². The van der Waals surface area contributed by atoms with Gasteiger partial charge in [0.15, 0.2) is 9.84 Å². The van der Waals surface area contributed by atoms with Gasteiger partial charge in [0.2, 0.25) is 0 Å². The van der Waals surface area contributed by atoms with Crippen LogP contribution in [0, 0.1) is 0 Å². The second kappa shape index (κ2) is 8.00. The molecule has 0 saturated carbocycles. The summed E-state index contributed by atoms with van der Waals surface area (Å²) in [4.78, 5) is 24.5. The van der Waals surface area contributed by atoms with Gasteiger partial charge < -0.3 is 13.7 Å². The maximum Gasteiger partial charge on any atom is 0.437 e. The number of hydrogen-bond donors (Lipinski definition) is 0. The van der Waals surface area contributed by atoms with Crippen molar-refractivity contribution in [2.24, 2.45) is 0 Å². The number of benzene rings is 1. The average Bonchev–Trinajstić information content (AvgIpc) is 3.47. The Kier molecular flexibility index (Phi) is 5.38. The standard InChI is InChI=1S/C20H17N3O6S2/c1-28-19(24)14-7-5-13(6-8-14)11-23-20(25)29-18(21-23)17-16(22-9-3-4-10-22)15(12-30-17)31(2,26)27/h3-10,12H,11H2,1-2H3. The Morgan fingerprint density at radius 1 is 1.19 bits per heavy atom. The summed E-state index contributed by atoms with van der Waals surface area (Å²) in [6, 6.07) is 10.1. The van der Waals surface area contributed by atoms with Gasteiger partial charge in [-0.2, -0.15) is 4.68 Å². The van der Waals surface area contributed by atoms with Gasteiger partial charge in [-0.25, -0.2) is 18.0 Å². The topological polar surface area (TPSA) is 113 Å². The van der Waals surface area contributed by atoms with Gasteiger partial charge in [0.25, 0.3) is 5.89 Å². The molecule has 0 radical (unpaired) electrons. The molecule has 11 heteroatoms. The predicted octanol–water partition coefficient (Wildman–Crippen LogP) is 2.59. The molecule has 0 aliphatic rings. The Morgan fingerprint density at radius 2 is 1.87 bits per heavy atom. The number of rotatable bonds is 6. The molecule has 4 aromatic rings. The normalized spacial score (nSPS) is 11.5. The molecule has 160 valence electrons. The van der Waals surface area contributed by atoms with Crippen LogP contribution in [0.5, 0.6) is 0 Å². The Hall–Kier alpha value is -3.44. The first-order chi connectivity index (χ1) is 14.8. The van der Waals surface area contributed by atoms with Gasteiger partial charge in [-0.15, -0.1) is 16.4 Å². The minimum absolute atomic E-state index is 0.0276. The zero-order chi connectivity index (χ0) is 22.2. The number of hydrogen-bond acceptors (Lipinski definition) is 8. The first-order valence-electron chi connectivity index (χ1n) is 8.98. The molecular weight excluding hydrogens is 442 g/mol. The van der Waals surface area contributed by atoms with E-state index in [1.165, 1.54) is 12.5 Å². The third kappa shape index (κ3) is 4.09. The van der Waals surface area contributed by atoms with Crippen molar-refractivity contribution < 1.29 is 22.4 Å². The molecule has 9 nitrogen and oxygen atoms in total. The molecule has 0 spiro atoms. The van der Waals surface area contributed by atoms with Crippen LogP contribution in [0.25, 0.3) is 16.5 Å². The van der Waals surface area contributed by atoms with Crippen molar-refractivity contribution in [3.63, 3.8) is 0 Å². The zero-order valence-electron chi connectivity index (χ0n) is 16.5. The van der Waals surface area contributed by atoms with E-state index in [0.717, 1.165) is 27.8 Å². The molecule has 0 saturated heterocycles. The second-order valence-electron chi connectivity index (χ2n) is 6.66. The number of thiophene rings is 1. The third-order valence-electron chi connectivity index (χ3n) is 4.50. The number of nitrogens with zero attached hydrogens (tertiary/aromatic N) is 3. The lowest BCUT2D eigenvalue weighted by molar-refractivity contribution is 0.0600. The highest BCUT2D eigenvalue weighted by Gasteiger charge is 2.25. The van der Waals surface area contributed by atoms with Crippen molar-refractivity contribution in [3.05, 3.63) is 75.8 Å². The van der Waals surface area contributed by atoms with Gasteiger partial charge in [0, 0.05) is 24.0 Å². The number of carbonyl (C=O) groups is 1. The van der Waals surface area contributed by atoms with E-state index in [2.05, 4.69) is 9.84 Å². The highest BCUT2D eigenvalue weighted by atomic mass is 32.2. The van der Waals surface area contributed by atoms with Crippen LogP contribution in [-0.2, 0) is 21.1 Å². The minimum Gasteiger partial charge on any atom is -0.465 e. The van der Waals surface area contributed by atoms with Crippen LogP contribution in [0.15, 0.2) is 68.3 Å². The summed E-state index contributed by atoms with van der Waals surface area (Å²) in [6.07, 6.45) is 4.54. The van der Waals surface area contributed by atoms with Crippen molar-refractivity contribution in [1.82, 2.24) is 14.3 Å². The maximum absolute atomic E-state index is 12.4. The molecule has 0 N–H and O–H groups in total. The van der Waals surface area contributed by atoms with Crippen molar-refractivity contribution in [3.8, 4) is 16.5 Å². The summed E-state index contributed by atoms with van der Waals surface area (Å²) in [7, 11) is -2.21. The van der Waals surface area contributed by atoms with Crippen LogP contribution in [0.2, 0.25) is 0 Å². The molecule has 0 bridgehead atoms. The van der Waals surface area contributed by atoms with E-state index in [1.54, 1.807) is 53.4 Å². The van der Waals surface area contributed by atoms with E-state index in [-0.39, 0.29) is 17.3 Å². The molecule has 3 heterocycles. The number of aromatic nitrogens is 3. The molecule has 0 fully saturated rings.